The molecule has 3 aromatic rings. The van der Waals surface area contributed by atoms with Crippen LogP contribution in [0.15, 0.2) is 71.6 Å². The zero-order valence-corrected chi connectivity index (χ0v) is 20.2. The summed E-state index contributed by atoms with van der Waals surface area (Å²) in [4.78, 5) is 12.7. The van der Waals surface area contributed by atoms with Gasteiger partial charge in [0, 0.05) is 15.7 Å². The van der Waals surface area contributed by atoms with E-state index in [9.17, 15) is 13.2 Å². The van der Waals surface area contributed by atoms with Crippen molar-refractivity contribution in [3.63, 3.8) is 0 Å². The fourth-order valence-corrected chi connectivity index (χ4v) is 4.53. The van der Waals surface area contributed by atoms with Gasteiger partial charge in [-0.25, -0.2) is 8.42 Å². The summed E-state index contributed by atoms with van der Waals surface area (Å²) in [5.74, 6) is 0.605. The summed E-state index contributed by atoms with van der Waals surface area (Å²) in [6.07, 6.45) is -0.346. The van der Waals surface area contributed by atoms with Gasteiger partial charge in [-0.3, -0.25) is 9.52 Å². The Morgan fingerprint density at radius 3 is 2.12 bits per heavy atom. The fraction of sp³-hybridized carbons (Fsp3) is 0.174. The molecular formula is C23H22Cl2N2O5S. The van der Waals surface area contributed by atoms with Crippen LogP contribution in [0.5, 0.6) is 11.5 Å². The van der Waals surface area contributed by atoms with E-state index < -0.39 is 16.1 Å². The third-order valence-corrected chi connectivity index (χ3v) is 6.38. The van der Waals surface area contributed by atoms with Crippen LogP contribution in [0, 0.1) is 0 Å². The number of hydrogen-bond donors (Lipinski definition) is 2. The Labute approximate surface area is 202 Å². The quantitative estimate of drug-likeness (QED) is 0.392. The summed E-state index contributed by atoms with van der Waals surface area (Å²) in [7, 11) is -2.36. The second-order valence-electron chi connectivity index (χ2n) is 6.94. The van der Waals surface area contributed by atoms with Crippen molar-refractivity contribution in [2.75, 3.05) is 17.1 Å². The van der Waals surface area contributed by atoms with Gasteiger partial charge < -0.3 is 14.8 Å². The van der Waals surface area contributed by atoms with Crippen LogP contribution in [-0.2, 0) is 14.8 Å². The number of hydrogen-bond acceptors (Lipinski definition) is 5. The van der Waals surface area contributed by atoms with Crippen molar-refractivity contribution in [2.45, 2.75) is 24.3 Å². The minimum Gasteiger partial charge on any atom is -0.493 e. The fourth-order valence-electron chi connectivity index (χ4n) is 2.96. The van der Waals surface area contributed by atoms with Crippen LogP contribution in [0.25, 0.3) is 0 Å². The Balaban J connectivity index is 1.69. The number of carbonyl (C=O) groups is 1. The Bertz CT molecular complexity index is 1210. The first-order valence-corrected chi connectivity index (χ1v) is 12.1. The monoisotopic (exact) mass is 508 g/mol. The van der Waals surface area contributed by atoms with Crippen LogP contribution in [0.2, 0.25) is 10.0 Å². The maximum Gasteiger partial charge on any atom is 0.265 e. The molecule has 0 heterocycles. The van der Waals surface area contributed by atoms with Gasteiger partial charge in [-0.05, 0) is 61.0 Å². The molecular weight excluding hydrogens is 487 g/mol. The molecule has 0 spiro atoms. The molecule has 1 atom stereocenters. The van der Waals surface area contributed by atoms with Crippen LogP contribution in [0.3, 0.4) is 0 Å². The van der Waals surface area contributed by atoms with Crippen molar-refractivity contribution in [2.24, 2.45) is 0 Å². The van der Waals surface area contributed by atoms with Crippen molar-refractivity contribution in [1.82, 2.24) is 0 Å². The van der Waals surface area contributed by atoms with Crippen LogP contribution in [0.4, 0.5) is 11.4 Å². The first kappa shape index (κ1) is 24.7. The van der Waals surface area contributed by atoms with E-state index in [1.165, 1.54) is 49.6 Å². The predicted octanol–water partition coefficient (Wildman–Crippen LogP) is 5.60. The second kappa shape index (κ2) is 10.8. The minimum absolute atomic E-state index is 0.00825. The highest BCUT2D eigenvalue weighted by Gasteiger charge is 2.21. The van der Waals surface area contributed by atoms with E-state index in [0.717, 1.165) is 0 Å². The highest BCUT2D eigenvalue weighted by atomic mass is 35.5. The summed E-state index contributed by atoms with van der Waals surface area (Å²) in [5.41, 5.74) is 0.663. The normalized spacial score (nSPS) is 12.0. The molecule has 0 saturated carbocycles. The van der Waals surface area contributed by atoms with E-state index in [4.69, 9.17) is 32.7 Å². The molecule has 0 aromatic heterocycles. The molecule has 3 aromatic carbocycles. The number of ether oxygens (including phenoxy) is 2. The van der Waals surface area contributed by atoms with E-state index >= 15 is 0 Å². The van der Waals surface area contributed by atoms with E-state index in [1.807, 2.05) is 6.92 Å². The van der Waals surface area contributed by atoms with Gasteiger partial charge in [0.1, 0.15) is 0 Å². The molecule has 0 fully saturated rings. The zero-order valence-electron chi connectivity index (χ0n) is 17.8. The van der Waals surface area contributed by atoms with E-state index in [0.29, 0.717) is 33.7 Å². The maximum absolute atomic E-state index is 12.7. The first-order valence-electron chi connectivity index (χ1n) is 9.91. The number of methoxy groups -OCH3 is 1. The zero-order chi connectivity index (χ0) is 24.0. The van der Waals surface area contributed by atoms with Crippen molar-refractivity contribution < 1.29 is 22.7 Å². The van der Waals surface area contributed by atoms with Gasteiger partial charge in [-0.2, -0.15) is 0 Å². The number of carbonyl (C=O) groups excluding carboxylic acids is 1. The third-order valence-electron chi connectivity index (χ3n) is 4.55. The average Bonchev–Trinajstić information content (AvgIpc) is 2.77. The first-order chi connectivity index (χ1) is 15.7. The number of amides is 1. The number of nitrogens with one attached hydrogen (secondary N) is 2. The van der Waals surface area contributed by atoms with Crippen molar-refractivity contribution >= 4 is 50.5 Å². The summed E-state index contributed by atoms with van der Waals surface area (Å²) >= 11 is 11.8. The molecule has 0 unspecified atom stereocenters. The molecule has 33 heavy (non-hydrogen) atoms. The van der Waals surface area contributed by atoms with Gasteiger partial charge in [-0.1, -0.05) is 42.3 Å². The Morgan fingerprint density at radius 2 is 1.55 bits per heavy atom. The maximum atomic E-state index is 12.7. The summed E-state index contributed by atoms with van der Waals surface area (Å²) in [5, 5.41) is 3.35. The lowest BCUT2D eigenvalue weighted by Gasteiger charge is -2.19. The smallest absolute Gasteiger partial charge is 0.265 e. The topological polar surface area (TPSA) is 93.7 Å². The lowest BCUT2D eigenvalue weighted by Crippen LogP contribution is -2.32. The molecule has 1 amide bonds. The van der Waals surface area contributed by atoms with E-state index in [-0.39, 0.29) is 16.5 Å². The molecule has 0 saturated heterocycles. The Morgan fingerprint density at radius 1 is 0.939 bits per heavy atom. The number of anilines is 2. The third kappa shape index (κ3) is 6.54. The highest BCUT2D eigenvalue weighted by Crippen LogP contribution is 2.28. The molecule has 0 aliphatic heterocycles. The van der Waals surface area contributed by atoms with Gasteiger partial charge in [0.15, 0.2) is 17.6 Å². The Hall–Kier alpha value is -2.94. The molecule has 174 valence electrons. The molecule has 0 aliphatic carbocycles. The number of rotatable bonds is 9. The molecule has 0 radical (unpaired) electrons. The van der Waals surface area contributed by atoms with Gasteiger partial charge in [0.2, 0.25) is 0 Å². The van der Waals surface area contributed by atoms with E-state index in [2.05, 4.69) is 10.0 Å². The number of para-hydroxylation sites is 2. The lowest BCUT2D eigenvalue weighted by atomic mass is 10.2. The average molecular weight is 509 g/mol. The minimum atomic E-state index is -3.88. The van der Waals surface area contributed by atoms with Crippen LogP contribution in [0.1, 0.15) is 13.3 Å². The number of halogens is 2. The van der Waals surface area contributed by atoms with Crippen molar-refractivity contribution in [3.8, 4) is 11.5 Å². The number of sulfonamides is 1. The summed E-state index contributed by atoms with van der Waals surface area (Å²) < 4.78 is 38.8. The van der Waals surface area contributed by atoms with Gasteiger partial charge in [-0.15, -0.1) is 0 Å². The van der Waals surface area contributed by atoms with Crippen molar-refractivity contribution in [3.05, 3.63) is 76.8 Å². The van der Waals surface area contributed by atoms with Gasteiger partial charge in [0.25, 0.3) is 15.9 Å². The SMILES string of the molecule is CC[C@@H](Oc1ccccc1OC)C(=O)Nc1ccc(S(=O)(=O)Nc2cc(Cl)cc(Cl)c2)cc1. The molecule has 7 nitrogen and oxygen atoms in total. The van der Waals surface area contributed by atoms with Crippen LogP contribution < -0.4 is 19.5 Å². The lowest BCUT2D eigenvalue weighted by molar-refractivity contribution is -0.122. The molecule has 0 bridgehead atoms. The predicted molar refractivity (Wildman–Crippen MR) is 130 cm³/mol. The summed E-state index contributed by atoms with van der Waals surface area (Å²) in [6, 6.07) is 17.2. The highest BCUT2D eigenvalue weighted by molar-refractivity contribution is 7.92. The molecule has 3 rings (SSSR count). The van der Waals surface area contributed by atoms with Crippen LogP contribution in [-0.4, -0.2) is 27.5 Å². The van der Waals surface area contributed by atoms with Gasteiger partial charge >= 0.3 is 0 Å². The second-order valence-corrected chi connectivity index (χ2v) is 9.50. The van der Waals surface area contributed by atoms with E-state index in [1.54, 1.807) is 24.3 Å². The largest absolute Gasteiger partial charge is 0.493 e. The standard InChI is InChI=1S/C23H22Cl2N2O5S/c1-3-20(32-22-7-5-4-6-21(22)31-2)23(28)26-17-8-10-19(11-9-17)33(29,30)27-18-13-15(24)12-16(25)14-18/h4-14,20,27H,3H2,1-2H3,(H,26,28)/t20-/m1/s1. The van der Waals surface area contributed by atoms with Crippen molar-refractivity contribution in [1.29, 1.82) is 0 Å². The number of benzene rings is 3. The summed E-state index contributed by atoms with van der Waals surface area (Å²) in [6.45, 7) is 1.82. The van der Waals surface area contributed by atoms with Gasteiger partial charge in [0.05, 0.1) is 17.7 Å². The van der Waals surface area contributed by atoms with Crippen LogP contribution >= 0.6 is 23.2 Å². The molecule has 2 N–H and O–H groups in total. The Kier molecular flexibility index (Phi) is 8.07. The molecule has 0 aliphatic rings. The molecule has 10 heteroatoms.